The Kier molecular flexibility index (Phi) is 4.29. The highest BCUT2D eigenvalue weighted by Gasteiger charge is 2.18. The Bertz CT molecular complexity index is 706. The van der Waals surface area contributed by atoms with Crippen LogP contribution in [-0.2, 0) is 4.74 Å². The van der Waals surface area contributed by atoms with Crippen LogP contribution in [0.4, 0.5) is 0 Å². The van der Waals surface area contributed by atoms with E-state index in [4.69, 9.17) is 4.74 Å². The van der Waals surface area contributed by atoms with Gasteiger partial charge in [-0.2, -0.15) is 0 Å². The summed E-state index contributed by atoms with van der Waals surface area (Å²) >= 11 is 0. The van der Waals surface area contributed by atoms with E-state index in [-0.39, 0.29) is 11.7 Å². The number of nitrogens with one attached hydrogen (secondary N) is 2. The molecular weight excluding hydrogens is 282 g/mol. The van der Waals surface area contributed by atoms with Crippen LogP contribution in [-0.4, -0.2) is 35.1 Å². The molecule has 2 N–H and O–H groups in total. The molecule has 22 heavy (non-hydrogen) atoms. The molecule has 0 spiro atoms. The molecule has 1 aromatic carbocycles. The lowest BCUT2D eigenvalue weighted by atomic mass is 10.2. The van der Waals surface area contributed by atoms with E-state index in [1.165, 1.54) is 6.20 Å². The Labute approximate surface area is 127 Å². The fourth-order valence-electron chi connectivity index (χ4n) is 2.41. The van der Waals surface area contributed by atoms with Crippen molar-refractivity contribution >= 4 is 5.91 Å². The number of benzene rings is 1. The largest absolute Gasteiger partial charge is 0.376 e. The summed E-state index contributed by atoms with van der Waals surface area (Å²) in [4.78, 5) is 30.9. The molecule has 0 unspecified atom stereocenters. The Morgan fingerprint density at radius 1 is 1.36 bits per heavy atom. The monoisotopic (exact) mass is 299 g/mol. The lowest BCUT2D eigenvalue weighted by molar-refractivity contribution is 0.0856. The number of carbonyl (C=O) groups is 1. The number of ether oxygens (including phenoxy) is 1. The van der Waals surface area contributed by atoms with Crippen molar-refractivity contribution in [3.63, 3.8) is 0 Å². The van der Waals surface area contributed by atoms with E-state index in [0.29, 0.717) is 12.4 Å². The quantitative estimate of drug-likeness (QED) is 0.892. The molecule has 0 bridgehead atoms. The van der Waals surface area contributed by atoms with Crippen LogP contribution in [0.5, 0.6) is 0 Å². The van der Waals surface area contributed by atoms with Crippen LogP contribution >= 0.6 is 0 Å². The van der Waals surface area contributed by atoms with Gasteiger partial charge in [0.25, 0.3) is 11.5 Å². The number of carbonyl (C=O) groups excluding carboxylic acids is 1. The van der Waals surface area contributed by atoms with E-state index >= 15 is 0 Å². The first kappa shape index (κ1) is 14.5. The molecule has 1 aromatic heterocycles. The minimum absolute atomic E-state index is 0.0117. The molecule has 1 aliphatic rings. The summed E-state index contributed by atoms with van der Waals surface area (Å²) in [6, 6.07) is 9.29. The van der Waals surface area contributed by atoms with Gasteiger partial charge in [0.05, 0.1) is 6.10 Å². The highest BCUT2D eigenvalue weighted by molar-refractivity contribution is 5.93. The number of nitrogens with zero attached hydrogens (tertiary/aromatic N) is 1. The number of rotatable bonds is 4. The van der Waals surface area contributed by atoms with E-state index in [1.54, 1.807) is 0 Å². The molecule has 1 saturated heterocycles. The Hall–Kier alpha value is -2.47. The minimum atomic E-state index is -0.446. The van der Waals surface area contributed by atoms with Crippen molar-refractivity contribution in [2.75, 3.05) is 13.2 Å². The fraction of sp³-hybridized carbons (Fsp3) is 0.312. The van der Waals surface area contributed by atoms with Gasteiger partial charge in [0.2, 0.25) is 0 Å². The summed E-state index contributed by atoms with van der Waals surface area (Å²) < 4.78 is 5.43. The van der Waals surface area contributed by atoms with Gasteiger partial charge in [-0.25, -0.2) is 4.98 Å². The lowest BCUT2D eigenvalue weighted by Crippen LogP contribution is -2.35. The molecule has 2 heterocycles. The first-order valence-corrected chi connectivity index (χ1v) is 7.28. The highest BCUT2D eigenvalue weighted by atomic mass is 16.5. The number of H-pyrrole nitrogens is 1. The van der Waals surface area contributed by atoms with Crippen LogP contribution < -0.4 is 10.9 Å². The summed E-state index contributed by atoms with van der Waals surface area (Å²) in [7, 11) is 0. The van der Waals surface area contributed by atoms with E-state index < -0.39 is 11.5 Å². The second-order valence-corrected chi connectivity index (χ2v) is 5.19. The van der Waals surface area contributed by atoms with Gasteiger partial charge in [-0.05, 0) is 12.8 Å². The number of aromatic nitrogens is 2. The predicted molar refractivity (Wildman–Crippen MR) is 81.6 cm³/mol. The molecule has 0 aliphatic carbocycles. The maximum absolute atomic E-state index is 12.1. The van der Waals surface area contributed by atoms with Crippen molar-refractivity contribution in [3.8, 4) is 11.4 Å². The maximum Gasteiger partial charge on any atom is 0.264 e. The van der Waals surface area contributed by atoms with E-state index in [1.807, 2.05) is 30.3 Å². The van der Waals surface area contributed by atoms with Crippen LogP contribution in [0.15, 0.2) is 41.3 Å². The minimum Gasteiger partial charge on any atom is -0.376 e. The molecule has 1 atom stereocenters. The first-order valence-electron chi connectivity index (χ1n) is 7.28. The van der Waals surface area contributed by atoms with E-state index in [0.717, 1.165) is 25.0 Å². The maximum atomic E-state index is 12.1. The van der Waals surface area contributed by atoms with Gasteiger partial charge >= 0.3 is 0 Å². The SMILES string of the molecule is O=C(NC[C@H]1CCCO1)c1cnc(-c2ccccc2)[nH]c1=O. The molecule has 3 rings (SSSR count). The molecule has 6 heteroatoms. The van der Waals surface area contributed by atoms with Gasteiger partial charge < -0.3 is 15.0 Å². The van der Waals surface area contributed by atoms with Crippen molar-refractivity contribution in [3.05, 3.63) is 52.4 Å². The number of amides is 1. The summed E-state index contributed by atoms with van der Waals surface area (Å²) in [5.41, 5.74) is 0.363. The van der Waals surface area contributed by atoms with Gasteiger partial charge in [0, 0.05) is 24.9 Å². The molecule has 1 fully saturated rings. The zero-order valence-electron chi connectivity index (χ0n) is 12.0. The van der Waals surface area contributed by atoms with E-state index in [2.05, 4.69) is 15.3 Å². The molecular formula is C16H17N3O3. The molecule has 0 radical (unpaired) electrons. The van der Waals surface area contributed by atoms with Gasteiger partial charge in [-0.15, -0.1) is 0 Å². The second-order valence-electron chi connectivity index (χ2n) is 5.19. The third-order valence-corrected chi connectivity index (χ3v) is 3.61. The van der Waals surface area contributed by atoms with E-state index in [9.17, 15) is 9.59 Å². The predicted octanol–water partition coefficient (Wildman–Crippen LogP) is 1.35. The van der Waals surface area contributed by atoms with Crippen LogP contribution in [0.2, 0.25) is 0 Å². The number of hydrogen-bond acceptors (Lipinski definition) is 4. The van der Waals surface area contributed by atoms with Crippen LogP contribution in [0.3, 0.4) is 0 Å². The fourth-order valence-corrected chi connectivity index (χ4v) is 2.41. The van der Waals surface area contributed by atoms with Crippen molar-refractivity contribution in [1.29, 1.82) is 0 Å². The van der Waals surface area contributed by atoms with Crippen molar-refractivity contribution in [2.24, 2.45) is 0 Å². The average Bonchev–Trinajstić information content (AvgIpc) is 3.07. The normalized spacial score (nSPS) is 17.4. The van der Waals surface area contributed by atoms with Crippen LogP contribution in [0, 0.1) is 0 Å². The van der Waals surface area contributed by atoms with Gasteiger partial charge in [0.15, 0.2) is 0 Å². The Morgan fingerprint density at radius 2 is 2.18 bits per heavy atom. The summed E-state index contributed by atoms with van der Waals surface area (Å²) in [5, 5.41) is 2.72. The molecule has 1 aliphatic heterocycles. The third-order valence-electron chi connectivity index (χ3n) is 3.61. The zero-order valence-corrected chi connectivity index (χ0v) is 12.0. The first-order chi connectivity index (χ1) is 10.7. The second kappa shape index (κ2) is 6.53. The highest BCUT2D eigenvalue weighted by Crippen LogP contribution is 2.12. The summed E-state index contributed by atoms with van der Waals surface area (Å²) in [6.07, 6.45) is 3.29. The van der Waals surface area contributed by atoms with Gasteiger partial charge in [0.1, 0.15) is 11.4 Å². The molecule has 2 aromatic rings. The number of hydrogen-bond donors (Lipinski definition) is 2. The molecule has 0 saturated carbocycles. The standard InChI is InChI=1S/C16H17N3O3/c20-15(18-9-12-7-4-8-22-12)13-10-17-14(19-16(13)21)11-5-2-1-3-6-11/h1-3,5-6,10,12H,4,7-9H2,(H,18,20)(H,17,19,21)/t12-/m1/s1. The molecule has 1 amide bonds. The lowest BCUT2D eigenvalue weighted by Gasteiger charge is -2.10. The number of aromatic amines is 1. The zero-order chi connectivity index (χ0) is 15.4. The van der Waals surface area contributed by atoms with Crippen LogP contribution in [0.1, 0.15) is 23.2 Å². The topological polar surface area (TPSA) is 84.1 Å². The summed E-state index contributed by atoms with van der Waals surface area (Å²) in [5.74, 6) is 0.0186. The Morgan fingerprint density at radius 3 is 2.86 bits per heavy atom. The van der Waals surface area contributed by atoms with Crippen molar-refractivity contribution in [2.45, 2.75) is 18.9 Å². The third kappa shape index (κ3) is 3.23. The van der Waals surface area contributed by atoms with Crippen LogP contribution in [0.25, 0.3) is 11.4 Å². The van der Waals surface area contributed by atoms with Crippen molar-refractivity contribution < 1.29 is 9.53 Å². The summed E-state index contributed by atoms with van der Waals surface area (Å²) in [6.45, 7) is 1.15. The average molecular weight is 299 g/mol. The Balaban J connectivity index is 1.71. The molecule has 6 nitrogen and oxygen atoms in total. The van der Waals surface area contributed by atoms with Crippen molar-refractivity contribution in [1.82, 2.24) is 15.3 Å². The molecule has 114 valence electrons. The smallest absolute Gasteiger partial charge is 0.264 e. The van der Waals surface area contributed by atoms with Gasteiger partial charge in [-0.3, -0.25) is 9.59 Å². The van der Waals surface area contributed by atoms with Gasteiger partial charge in [-0.1, -0.05) is 30.3 Å².